The number of ether oxygens (including phenoxy) is 1. The Morgan fingerprint density at radius 2 is 1.82 bits per heavy atom. The molecule has 3 aromatic rings. The number of aromatic hydroxyl groups is 3. The molecule has 22 heavy (non-hydrogen) atoms. The monoisotopic (exact) mass is 300 g/mol. The smallest absolute Gasteiger partial charge is 0.201 e. The van der Waals surface area contributed by atoms with Gasteiger partial charge in [0.15, 0.2) is 22.8 Å². The van der Waals surface area contributed by atoms with Crippen LogP contribution < -0.4 is 10.2 Å². The van der Waals surface area contributed by atoms with Crippen LogP contribution in [0.4, 0.5) is 0 Å². The number of rotatable bonds is 2. The third-order valence-electron chi connectivity index (χ3n) is 3.38. The van der Waals surface area contributed by atoms with Crippen LogP contribution >= 0.6 is 0 Å². The molecule has 0 unspecified atom stereocenters. The second-order valence-corrected chi connectivity index (χ2v) is 4.68. The van der Waals surface area contributed by atoms with E-state index in [2.05, 4.69) is 0 Å². The van der Waals surface area contributed by atoms with Crippen LogP contribution in [0.5, 0.6) is 23.0 Å². The van der Waals surface area contributed by atoms with Gasteiger partial charge in [0.2, 0.25) is 11.2 Å². The molecule has 0 radical (unpaired) electrons. The van der Waals surface area contributed by atoms with Crippen LogP contribution in [0.15, 0.2) is 45.8 Å². The summed E-state index contributed by atoms with van der Waals surface area (Å²) in [7, 11) is 1.42. The van der Waals surface area contributed by atoms with Gasteiger partial charge in [0.1, 0.15) is 6.26 Å². The number of phenols is 3. The van der Waals surface area contributed by atoms with Gasteiger partial charge in [0.05, 0.1) is 18.1 Å². The summed E-state index contributed by atoms with van der Waals surface area (Å²) in [5, 5.41) is 29.1. The van der Waals surface area contributed by atoms with Crippen LogP contribution in [0.2, 0.25) is 0 Å². The molecule has 6 nitrogen and oxygen atoms in total. The lowest BCUT2D eigenvalue weighted by Gasteiger charge is -2.07. The molecular formula is C16H12O6. The predicted octanol–water partition coefficient (Wildman–Crippen LogP) is 2.59. The zero-order valence-electron chi connectivity index (χ0n) is 11.5. The molecule has 3 N–H and O–H groups in total. The maximum Gasteiger partial charge on any atom is 0.201 e. The van der Waals surface area contributed by atoms with Crippen molar-refractivity contribution in [1.82, 2.24) is 0 Å². The Labute approximate surface area is 124 Å². The summed E-state index contributed by atoms with van der Waals surface area (Å²) in [6.45, 7) is 0. The van der Waals surface area contributed by atoms with Crippen LogP contribution in [-0.2, 0) is 0 Å². The largest absolute Gasteiger partial charge is 0.504 e. The minimum atomic E-state index is -0.487. The van der Waals surface area contributed by atoms with Crippen molar-refractivity contribution in [2.75, 3.05) is 7.11 Å². The highest BCUT2D eigenvalue weighted by Gasteiger charge is 2.15. The van der Waals surface area contributed by atoms with E-state index < -0.39 is 5.75 Å². The van der Waals surface area contributed by atoms with Gasteiger partial charge in [0, 0.05) is 0 Å². The molecule has 112 valence electrons. The van der Waals surface area contributed by atoms with Gasteiger partial charge >= 0.3 is 0 Å². The van der Waals surface area contributed by atoms with Crippen molar-refractivity contribution in [1.29, 1.82) is 0 Å². The minimum Gasteiger partial charge on any atom is -0.504 e. The van der Waals surface area contributed by atoms with Crippen molar-refractivity contribution in [3.8, 4) is 34.1 Å². The quantitative estimate of drug-likeness (QED) is 0.629. The molecule has 0 bridgehead atoms. The zero-order chi connectivity index (χ0) is 15.9. The lowest BCUT2D eigenvalue weighted by atomic mass is 10.0. The second-order valence-electron chi connectivity index (χ2n) is 4.68. The van der Waals surface area contributed by atoms with Crippen LogP contribution in [0, 0.1) is 0 Å². The Kier molecular flexibility index (Phi) is 3.14. The summed E-state index contributed by atoms with van der Waals surface area (Å²) in [5.74, 6) is -0.672. The summed E-state index contributed by atoms with van der Waals surface area (Å²) in [5.41, 5.74) is 0.185. The Bertz CT molecular complexity index is 926. The van der Waals surface area contributed by atoms with E-state index in [-0.39, 0.29) is 39.2 Å². The number of fused-ring (bicyclic) bond motifs is 1. The fourth-order valence-corrected chi connectivity index (χ4v) is 2.23. The van der Waals surface area contributed by atoms with Gasteiger partial charge in [-0.25, -0.2) is 0 Å². The molecule has 1 aromatic heterocycles. The molecule has 0 aliphatic heterocycles. The minimum absolute atomic E-state index is 0.0912. The highest BCUT2D eigenvalue weighted by molar-refractivity contribution is 5.87. The number of hydrogen-bond acceptors (Lipinski definition) is 6. The Hall–Kier alpha value is -3.15. The molecule has 3 rings (SSSR count). The number of benzene rings is 2. The van der Waals surface area contributed by atoms with E-state index in [0.29, 0.717) is 5.56 Å². The Morgan fingerprint density at radius 1 is 1.05 bits per heavy atom. The van der Waals surface area contributed by atoms with Gasteiger partial charge in [-0.2, -0.15) is 0 Å². The lowest BCUT2D eigenvalue weighted by molar-refractivity contribution is 0.373. The van der Waals surface area contributed by atoms with Gasteiger partial charge < -0.3 is 24.5 Å². The maximum absolute atomic E-state index is 12.5. The number of hydrogen-bond donors (Lipinski definition) is 3. The molecular weight excluding hydrogens is 288 g/mol. The second kappa shape index (κ2) is 5.00. The summed E-state index contributed by atoms with van der Waals surface area (Å²) in [4.78, 5) is 12.5. The summed E-state index contributed by atoms with van der Waals surface area (Å²) >= 11 is 0. The van der Waals surface area contributed by atoms with Crippen molar-refractivity contribution in [3.05, 3.63) is 46.8 Å². The topological polar surface area (TPSA) is 100 Å². The molecule has 0 amide bonds. The zero-order valence-corrected chi connectivity index (χ0v) is 11.5. The predicted molar refractivity (Wildman–Crippen MR) is 79.5 cm³/mol. The molecule has 0 saturated heterocycles. The van der Waals surface area contributed by atoms with Gasteiger partial charge in [-0.1, -0.05) is 6.07 Å². The van der Waals surface area contributed by atoms with E-state index >= 15 is 0 Å². The maximum atomic E-state index is 12.5. The van der Waals surface area contributed by atoms with E-state index in [9.17, 15) is 20.1 Å². The van der Waals surface area contributed by atoms with E-state index in [1.165, 1.54) is 37.6 Å². The third-order valence-corrected chi connectivity index (χ3v) is 3.38. The van der Waals surface area contributed by atoms with Crippen LogP contribution in [0.1, 0.15) is 0 Å². The number of phenolic OH excluding ortho intramolecular Hbond substituents is 3. The molecule has 2 aromatic carbocycles. The van der Waals surface area contributed by atoms with E-state index in [4.69, 9.17) is 9.15 Å². The van der Waals surface area contributed by atoms with Gasteiger partial charge in [0.25, 0.3) is 0 Å². The fraction of sp³-hybridized carbons (Fsp3) is 0.0625. The van der Waals surface area contributed by atoms with Crippen molar-refractivity contribution >= 4 is 11.0 Å². The molecule has 0 fully saturated rings. The van der Waals surface area contributed by atoms with Crippen molar-refractivity contribution < 1.29 is 24.5 Å². The summed E-state index contributed by atoms with van der Waals surface area (Å²) in [6, 6.07) is 7.10. The van der Waals surface area contributed by atoms with Crippen molar-refractivity contribution in [2.45, 2.75) is 0 Å². The molecule has 0 aliphatic rings. The molecule has 0 spiro atoms. The first-order chi connectivity index (χ1) is 10.5. The van der Waals surface area contributed by atoms with Crippen LogP contribution in [0.25, 0.3) is 22.1 Å². The van der Waals surface area contributed by atoms with Crippen molar-refractivity contribution in [2.24, 2.45) is 0 Å². The Balaban J connectivity index is 2.25. The molecule has 1 heterocycles. The highest BCUT2D eigenvalue weighted by Crippen LogP contribution is 2.34. The summed E-state index contributed by atoms with van der Waals surface area (Å²) < 4.78 is 10.2. The number of methoxy groups -OCH3 is 1. The SMILES string of the molecule is COc1ccc(-c2coc3c(O)c(O)ccc3c2=O)cc1O. The van der Waals surface area contributed by atoms with Gasteiger partial charge in [-0.05, 0) is 29.8 Å². The third kappa shape index (κ3) is 2.01. The van der Waals surface area contributed by atoms with E-state index in [0.717, 1.165) is 0 Å². The van der Waals surface area contributed by atoms with Gasteiger partial charge in [-0.15, -0.1) is 0 Å². The first-order valence-corrected chi connectivity index (χ1v) is 6.36. The fourth-order valence-electron chi connectivity index (χ4n) is 2.23. The summed E-state index contributed by atoms with van der Waals surface area (Å²) in [6.07, 6.45) is 1.17. The highest BCUT2D eigenvalue weighted by atomic mass is 16.5. The van der Waals surface area contributed by atoms with Crippen LogP contribution in [-0.4, -0.2) is 22.4 Å². The van der Waals surface area contributed by atoms with E-state index in [1.54, 1.807) is 6.07 Å². The first-order valence-electron chi connectivity index (χ1n) is 6.36. The van der Waals surface area contributed by atoms with Gasteiger partial charge in [-0.3, -0.25) is 4.79 Å². The standard InChI is InChI=1S/C16H12O6/c1-21-13-5-2-8(6-12(13)18)10-7-22-16-9(14(10)19)3-4-11(17)15(16)20/h2-7,17-18,20H,1H3. The Morgan fingerprint density at radius 3 is 2.50 bits per heavy atom. The van der Waals surface area contributed by atoms with E-state index in [1.807, 2.05) is 0 Å². The molecule has 0 aliphatic carbocycles. The van der Waals surface area contributed by atoms with Crippen LogP contribution in [0.3, 0.4) is 0 Å². The molecule has 0 atom stereocenters. The molecule has 6 heteroatoms. The van der Waals surface area contributed by atoms with Crippen molar-refractivity contribution in [3.63, 3.8) is 0 Å². The average Bonchev–Trinajstić information content (AvgIpc) is 2.51. The molecule has 0 saturated carbocycles. The normalized spacial score (nSPS) is 10.8. The first kappa shape index (κ1) is 13.8. The lowest BCUT2D eigenvalue weighted by Crippen LogP contribution is -2.04. The average molecular weight is 300 g/mol.